The third-order valence-corrected chi connectivity index (χ3v) is 6.05. The van der Waals surface area contributed by atoms with Crippen LogP contribution in [-0.4, -0.2) is 34.7 Å². The van der Waals surface area contributed by atoms with Crippen molar-refractivity contribution in [2.45, 2.75) is 31.6 Å². The molecule has 0 fully saturated rings. The molecule has 11 heteroatoms. The second-order valence-corrected chi connectivity index (χ2v) is 9.35. The van der Waals surface area contributed by atoms with E-state index in [-0.39, 0.29) is 18.5 Å². The third-order valence-electron chi connectivity index (χ3n) is 5.31. The summed E-state index contributed by atoms with van der Waals surface area (Å²) >= 11 is 9.33. The molecule has 0 unspecified atom stereocenters. The maximum absolute atomic E-state index is 13.4. The van der Waals surface area contributed by atoms with E-state index in [2.05, 4.69) is 32.9 Å². The van der Waals surface area contributed by atoms with Crippen LogP contribution in [0.15, 0.2) is 71.7 Å². The molecule has 36 heavy (non-hydrogen) atoms. The molecule has 190 valence electrons. The lowest BCUT2D eigenvalue weighted by Gasteiger charge is -2.25. The number of nitrogens with one attached hydrogen (secondary N) is 1. The van der Waals surface area contributed by atoms with Crippen LogP contribution in [0.5, 0.6) is 0 Å². The first-order chi connectivity index (χ1) is 17.0. The first kappa shape index (κ1) is 27.5. The zero-order chi connectivity index (χ0) is 26.5. The number of halogens is 5. The maximum atomic E-state index is 13.4. The number of hydrogen-bond donors (Lipinski definition) is 1. The van der Waals surface area contributed by atoms with Crippen LogP contribution in [0, 0.1) is 0 Å². The normalized spacial score (nSPS) is 12.2. The molecule has 1 aromatic heterocycles. The maximum Gasteiger partial charge on any atom is 0.435 e. The Balaban J connectivity index is 1.85. The van der Waals surface area contributed by atoms with E-state index < -0.39 is 36.3 Å². The number of hydrogen-bond acceptors (Lipinski definition) is 3. The molecule has 3 aromatic rings. The van der Waals surface area contributed by atoms with Crippen molar-refractivity contribution < 1.29 is 22.8 Å². The molecule has 0 aliphatic heterocycles. The molecule has 0 aliphatic carbocycles. The number of benzene rings is 2. The topological polar surface area (TPSA) is 67.2 Å². The molecule has 0 saturated carbocycles. The van der Waals surface area contributed by atoms with Crippen molar-refractivity contribution in [3.8, 4) is 0 Å². The van der Waals surface area contributed by atoms with Crippen LogP contribution in [0.3, 0.4) is 0 Å². The molecule has 0 bridgehead atoms. The Morgan fingerprint density at radius 1 is 1.22 bits per heavy atom. The molecular weight excluding hydrogens is 561 g/mol. The number of allylic oxidation sites excluding steroid dienone is 1. The fourth-order valence-electron chi connectivity index (χ4n) is 3.54. The molecule has 1 N–H and O–H groups in total. The Morgan fingerprint density at radius 3 is 2.53 bits per heavy atom. The van der Waals surface area contributed by atoms with Crippen LogP contribution < -0.4 is 10.2 Å². The van der Waals surface area contributed by atoms with Crippen LogP contribution in [0.4, 0.5) is 18.9 Å². The summed E-state index contributed by atoms with van der Waals surface area (Å²) in [5.74, 6) is -1.07. The zero-order valence-corrected chi connectivity index (χ0v) is 21.6. The third kappa shape index (κ3) is 7.20. The lowest BCUT2D eigenvalue weighted by Crippen LogP contribution is -2.49. The fraction of sp³-hybridized carbons (Fsp3) is 0.240. The molecule has 0 saturated heterocycles. The van der Waals surface area contributed by atoms with E-state index in [0.29, 0.717) is 10.7 Å². The van der Waals surface area contributed by atoms with Gasteiger partial charge in [-0.05, 0) is 48.0 Å². The van der Waals surface area contributed by atoms with E-state index in [1.54, 1.807) is 37.4 Å². The minimum Gasteiger partial charge on any atom is -0.342 e. The highest BCUT2D eigenvalue weighted by molar-refractivity contribution is 9.10. The van der Waals surface area contributed by atoms with Gasteiger partial charge in [0.1, 0.15) is 12.6 Å². The van der Waals surface area contributed by atoms with E-state index in [0.717, 1.165) is 20.8 Å². The van der Waals surface area contributed by atoms with Crippen molar-refractivity contribution in [1.29, 1.82) is 0 Å². The van der Waals surface area contributed by atoms with Crippen LogP contribution in [-0.2, 0) is 35.2 Å². The number of likely N-dealkylation sites (N-methyl/N-ethyl adjacent to an activating group) is 1. The van der Waals surface area contributed by atoms with Crippen molar-refractivity contribution in [3.05, 3.63) is 93.7 Å². The van der Waals surface area contributed by atoms with Crippen LogP contribution >= 0.6 is 27.5 Å². The molecule has 2 aromatic carbocycles. The van der Waals surface area contributed by atoms with Crippen molar-refractivity contribution in [3.63, 3.8) is 0 Å². The van der Waals surface area contributed by atoms with Gasteiger partial charge in [-0.15, -0.1) is 6.58 Å². The molecule has 3 rings (SSSR count). The monoisotopic (exact) mass is 582 g/mol. The fourth-order valence-corrected chi connectivity index (χ4v) is 4.12. The van der Waals surface area contributed by atoms with Crippen molar-refractivity contribution >= 4 is 45.0 Å². The lowest BCUT2D eigenvalue weighted by atomic mass is 10.0. The van der Waals surface area contributed by atoms with Gasteiger partial charge < -0.3 is 10.2 Å². The van der Waals surface area contributed by atoms with Gasteiger partial charge in [-0.25, -0.2) is 0 Å². The molecular formula is C25H23BrClF3N4O2. The summed E-state index contributed by atoms with van der Waals surface area (Å²) in [4.78, 5) is 27.7. The first-order valence-corrected chi connectivity index (χ1v) is 12.0. The highest BCUT2D eigenvalue weighted by Crippen LogP contribution is 2.29. The van der Waals surface area contributed by atoms with Crippen LogP contribution in [0.25, 0.3) is 0 Å². The second kappa shape index (κ2) is 11.7. The van der Waals surface area contributed by atoms with E-state index >= 15 is 0 Å². The van der Waals surface area contributed by atoms with Gasteiger partial charge in [0.2, 0.25) is 11.8 Å². The van der Waals surface area contributed by atoms with Gasteiger partial charge in [0.05, 0.1) is 0 Å². The lowest BCUT2D eigenvalue weighted by molar-refractivity contribution is -0.141. The average molecular weight is 584 g/mol. The number of aromatic nitrogens is 2. The first-order valence-electron chi connectivity index (χ1n) is 10.8. The Labute approximate surface area is 219 Å². The Hall–Kier alpha value is -3.11. The molecule has 2 amide bonds. The molecule has 0 aliphatic rings. The number of carbonyl (C=O) groups is 2. The predicted molar refractivity (Wildman–Crippen MR) is 136 cm³/mol. The number of carbonyl (C=O) groups excluding carboxylic acids is 2. The summed E-state index contributed by atoms with van der Waals surface area (Å²) in [6, 6.07) is 13.8. The Kier molecular flexibility index (Phi) is 8.97. The SMILES string of the molecule is C=CCc1cc(C(F)(F)F)nn1CC(=O)N[C@@H](Cc1cccc(Br)c1)C(=O)N(C)c1ccc(Cl)cc1. The van der Waals surface area contributed by atoms with Gasteiger partial charge in [0, 0.05) is 40.8 Å². The predicted octanol–water partition coefficient (Wildman–Crippen LogP) is 5.44. The molecule has 1 heterocycles. The minimum atomic E-state index is -4.65. The van der Waals surface area contributed by atoms with E-state index in [9.17, 15) is 22.8 Å². The number of nitrogens with zero attached hydrogens (tertiary/aromatic N) is 3. The van der Waals surface area contributed by atoms with E-state index in [1.807, 2.05) is 18.2 Å². The number of amides is 2. The summed E-state index contributed by atoms with van der Waals surface area (Å²) in [6.07, 6.45) is -2.98. The highest BCUT2D eigenvalue weighted by atomic mass is 79.9. The standard InChI is InChI=1S/C25H23BrClF3N4O2/c1-3-5-20-14-22(25(28,29)30)32-34(20)15-23(35)31-21(13-16-6-4-7-17(26)12-16)24(36)33(2)19-10-8-18(27)9-11-19/h3-4,6-12,14,21H,1,5,13,15H2,2H3,(H,31,35)/t21-/m0/s1. The van der Waals surface area contributed by atoms with Crippen molar-refractivity contribution in [2.24, 2.45) is 0 Å². The zero-order valence-electron chi connectivity index (χ0n) is 19.2. The Morgan fingerprint density at radius 2 is 1.92 bits per heavy atom. The molecule has 1 atom stereocenters. The summed E-state index contributed by atoms with van der Waals surface area (Å²) in [7, 11) is 1.57. The van der Waals surface area contributed by atoms with Gasteiger partial charge >= 0.3 is 6.18 Å². The van der Waals surface area contributed by atoms with Gasteiger partial charge in [-0.2, -0.15) is 18.3 Å². The number of rotatable bonds is 9. The Bertz CT molecular complexity index is 1240. The molecule has 6 nitrogen and oxygen atoms in total. The summed E-state index contributed by atoms with van der Waals surface area (Å²) in [5, 5.41) is 6.73. The summed E-state index contributed by atoms with van der Waals surface area (Å²) in [6.45, 7) is 3.05. The van der Waals surface area contributed by atoms with Crippen LogP contribution in [0.1, 0.15) is 17.0 Å². The minimum absolute atomic E-state index is 0.0933. The second-order valence-electron chi connectivity index (χ2n) is 8.00. The van der Waals surface area contributed by atoms with Gasteiger partial charge in [0.25, 0.3) is 0 Å². The van der Waals surface area contributed by atoms with Gasteiger partial charge in [0.15, 0.2) is 5.69 Å². The van der Waals surface area contributed by atoms with Gasteiger partial charge in [-0.3, -0.25) is 14.3 Å². The van der Waals surface area contributed by atoms with Crippen molar-refractivity contribution in [1.82, 2.24) is 15.1 Å². The number of alkyl halides is 3. The summed E-state index contributed by atoms with van der Waals surface area (Å²) in [5.41, 5.74) is 0.420. The molecule has 0 spiro atoms. The average Bonchev–Trinajstić information content (AvgIpc) is 3.21. The summed E-state index contributed by atoms with van der Waals surface area (Å²) < 4.78 is 41.3. The molecule has 0 radical (unpaired) electrons. The van der Waals surface area contributed by atoms with E-state index in [4.69, 9.17) is 11.6 Å². The number of anilines is 1. The van der Waals surface area contributed by atoms with E-state index in [1.165, 1.54) is 11.0 Å². The van der Waals surface area contributed by atoms with Crippen molar-refractivity contribution in [2.75, 3.05) is 11.9 Å². The quantitative estimate of drug-likeness (QED) is 0.342. The van der Waals surface area contributed by atoms with Gasteiger partial charge in [-0.1, -0.05) is 45.7 Å². The smallest absolute Gasteiger partial charge is 0.342 e. The van der Waals surface area contributed by atoms with Crippen LogP contribution in [0.2, 0.25) is 5.02 Å². The highest BCUT2D eigenvalue weighted by Gasteiger charge is 2.35. The largest absolute Gasteiger partial charge is 0.435 e.